The van der Waals surface area contributed by atoms with Crippen molar-refractivity contribution in [2.45, 2.75) is 56.9 Å². The summed E-state index contributed by atoms with van der Waals surface area (Å²) in [4.78, 5) is 17.1. The zero-order valence-electron chi connectivity index (χ0n) is 18.7. The van der Waals surface area contributed by atoms with Crippen molar-refractivity contribution in [2.24, 2.45) is 0 Å². The van der Waals surface area contributed by atoms with E-state index in [1.807, 2.05) is 0 Å². The van der Waals surface area contributed by atoms with E-state index in [9.17, 15) is 31.1 Å². The Labute approximate surface area is 193 Å². The van der Waals surface area contributed by atoms with Crippen molar-refractivity contribution in [3.05, 3.63) is 29.3 Å². The van der Waals surface area contributed by atoms with Crippen LogP contribution in [0.1, 0.15) is 30.9 Å². The molecule has 1 amide bonds. The average molecular weight is 495 g/mol. The lowest BCUT2D eigenvalue weighted by Gasteiger charge is -2.40. The number of halogens is 6. The summed E-state index contributed by atoms with van der Waals surface area (Å²) in [6.45, 7) is 2.29. The Hall–Kier alpha value is -2.21. The highest BCUT2D eigenvalue weighted by Gasteiger charge is 2.42. The van der Waals surface area contributed by atoms with Crippen LogP contribution in [0.25, 0.3) is 0 Å². The van der Waals surface area contributed by atoms with Crippen LogP contribution in [0, 0.1) is 0 Å². The van der Waals surface area contributed by atoms with Crippen molar-refractivity contribution in [3.63, 3.8) is 0 Å². The Morgan fingerprint density at radius 1 is 1.06 bits per heavy atom. The monoisotopic (exact) mass is 495 g/mol. The first kappa shape index (κ1) is 24.9. The largest absolute Gasteiger partial charge is 0.437 e. The van der Waals surface area contributed by atoms with Gasteiger partial charge in [0, 0.05) is 44.0 Å². The van der Waals surface area contributed by atoms with Gasteiger partial charge >= 0.3 is 18.4 Å². The van der Waals surface area contributed by atoms with Crippen LogP contribution >= 0.6 is 0 Å². The van der Waals surface area contributed by atoms with Crippen LogP contribution < -0.4 is 4.90 Å². The van der Waals surface area contributed by atoms with Gasteiger partial charge in [0.05, 0.1) is 30.9 Å². The van der Waals surface area contributed by atoms with E-state index < -0.39 is 30.1 Å². The second kappa shape index (κ2) is 9.44. The molecule has 0 saturated carbocycles. The van der Waals surface area contributed by atoms with Gasteiger partial charge in [-0.2, -0.15) is 26.3 Å². The van der Waals surface area contributed by atoms with Gasteiger partial charge in [0.15, 0.2) is 6.10 Å². The van der Waals surface area contributed by atoms with Gasteiger partial charge in [-0.05, 0) is 31.9 Å². The maximum atomic E-state index is 13.9. The van der Waals surface area contributed by atoms with Gasteiger partial charge in [-0.25, -0.2) is 4.79 Å². The predicted octanol–water partition coefficient (Wildman–Crippen LogP) is 4.28. The van der Waals surface area contributed by atoms with E-state index >= 15 is 0 Å². The molecule has 3 heterocycles. The van der Waals surface area contributed by atoms with Crippen molar-refractivity contribution >= 4 is 11.8 Å². The van der Waals surface area contributed by atoms with Crippen molar-refractivity contribution in [1.29, 1.82) is 0 Å². The maximum absolute atomic E-state index is 13.9. The molecular formula is C22H27F6N3O3. The van der Waals surface area contributed by atoms with E-state index in [0.717, 1.165) is 30.7 Å². The molecule has 3 aliphatic rings. The van der Waals surface area contributed by atoms with Gasteiger partial charge in [-0.1, -0.05) is 6.07 Å². The van der Waals surface area contributed by atoms with Crippen LogP contribution in [-0.2, 0) is 22.2 Å². The lowest BCUT2D eigenvalue weighted by atomic mass is 10.0. The molecule has 3 unspecified atom stereocenters. The third kappa shape index (κ3) is 5.22. The number of amides is 1. The van der Waals surface area contributed by atoms with Crippen LogP contribution in [0.4, 0.5) is 36.8 Å². The van der Waals surface area contributed by atoms with Gasteiger partial charge in [0.25, 0.3) is 0 Å². The molecule has 2 bridgehead atoms. The van der Waals surface area contributed by atoms with Gasteiger partial charge in [-0.15, -0.1) is 0 Å². The SMILES string of the molecule is CC(OC(=O)N1CCN(Cc2c(N3C4CCC3COC4)cccc2C(F)(F)F)CC1)C(F)(F)F. The van der Waals surface area contributed by atoms with E-state index in [4.69, 9.17) is 4.74 Å². The van der Waals surface area contributed by atoms with Crippen LogP contribution in [-0.4, -0.2) is 79.6 Å². The standard InChI is InChI=1S/C22H27F6N3O3/c1-14(21(23,24)25)34-20(32)30-9-7-29(8-10-30)11-17-18(22(26,27)28)3-2-4-19(17)31-15-5-6-16(31)13-33-12-15/h2-4,14-16H,5-13H2,1H3. The first-order valence-electron chi connectivity index (χ1n) is 11.2. The molecule has 0 spiro atoms. The van der Waals surface area contributed by atoms with E-state index in [2.05, 4.69) is 9.64 Å². The molecule has 0 radical (unpaired) electrons. The molecule has 0 aromatic heterocycles. The van der Waals surface area contributed by atoms with Crippen molar-refractivity contribution in [2.75, 3.05) is 44.3 Å². The van der Waals surface area contributed by atoms with Crippen molar-refractivity contribution < 1.29 is 40.6 Å². The summed E-state index contributed by atoms with van der Waals surface area (Å²) in [7, 11) is 0. The van der Waals surface area contributed by atoms with Gasteiger partial charge in [0.1, 0.15) is 0 Å². The smallest absolute Gasteiger partial charge is 0.425 e. The number of anilines is 1. The highest BCUT2D eigenvalue weighted by Crippen LogP contribution is 2.41. The summed E-state index contributed by atoms with van der Waals surface area (Å²) in [5.74, 6) is 0. The topological polar surface area (TPSA) is 45.2 Å². The van der Waals surface area contributed by atoms with E-state index in [1.165, 1.54) is 6.07 Å². The summed E-state index contributed by atoms with van der Waals surface area (Å²) in [5.41, 5.74) is 0.0266. The number of hydrogen-bond donors (Lipinski definition) is 0. The minimum atomic E-state index is -4.66. The molecule has 3 aliphatic heterocycles. The molecule has 3 saturated heterocycles. The van der Waals surface area contributed by atoms with Crippen LogP contribution in [0.3, 0.4) is 0 Å². The van der Waals surface area contributed by atoms with Gasteiger partial charge in [-0.3, -0.25) is 4.90 Å². The molecule has 12 heteroatoms. The summed E-state index contributed by atoms with van der Waals surface area (Å²) >= 11 is 0. The zero-order valence-corrected chi connectivity index (χ0v) is 18.7. The quantitative estimate of drug-likeness (QED) is 0.584. The number of piperazine rings is 1. The lowest BCUT2D eigenvalue weighted by Crippen LogP contribution is -2.50. The summed E-state index contributed by atoms with van der Waals surface area (Å²) in [6, 6.07) is 4.28. The summed E-state index contributed by atoms with van der Waals surface area (Å²) in [6.07, 6.45) is -10.8. The average Bonchev–Trinajstić information content (AvgIpc) is 3.00. The highest BCUT2D eigenvalue weighted by atomic mass is 19.4. The Balaban J connectivity index is 1.48. The molecule has 6 nitrogen and oxygen atoms in total. The maximum Gasteiger partial charge on any atom is 0.425 e. The Morgan fingerprint density at radius 2 is 1.68 bits per heavy atom. The number of ether oxygens (including phenoxy) is 2. The fourth-order valence-corrected chi connectivity index (χ4v) is 4.87. The van der Waals surface area contributed by atoms with Crippen LogP contribution in [0.2, 0.25) is 0 Å². The second-order valence-corrected chi connectivity index (χ2v) is 8.96. The van der Waals surface area contributed by atoms with Crippen molar-refractivity contribution in [3.8, 4) is 0 Å². The van der Waals surface area contributed by atoms with E-state index in [-0.39, 0.29) is 50.4 Å². The predicted molar refractivity (Wildman–Crippen MR) is 110 cm³/mol. The number of carbonyl (C=O) groups excluding carboxylic acids is 1. The molecule has 0 N–H and O–H groups in total. The first-order chi connectivity index (χ1) is 15.9. The van der Waals surface area contributed by atoms with Crippen LogP contribution in [0.5, 0.6) is 0 Å². The number of alkyl halides is 6. The Morgan fingerprint density at radius 3 is 2.24 bits per heavy atom. The minimum Gasteiger partial charge on any atom is -0.437 e. The normalized spacial score (nSPS) is 24.9. The number of morpholine rings is 1. The number of nitrogens with zero attached hydrogens (tertiary/aromatic N) is 3. The van der Waals surface area contributed by atoms with Gasteiger partial charge in [0.2, 0.25) is 0 Å². The minimum absolute atomic E-state index is 0.0175. The molecule has 190 valence electrons. The van der Waals surface area contributed by atoms with Crippen LogP contribution in [0.15, 0.2) is 18.2 Å². The Bertz CT molecular complexity index is 870. The fourth-order valence-electron chi connectivity index (χ4n) is 4.87. The molecular weight excluding hydrogens is 468 g/mol. The highest BCUT2D eigenvalue weighted by molar-refractivity contribution is 5.68. The number of benzene rings is 1. The second-order valence-electron chi connectivity index (χ2n) is 8.96. The summed E-state index contributed by atoms with van der Waals surface area (Å²) in [5, 5.41) is 0. The number of fused-ring (bicyclic) bond motifs is 2. The lowest BCUT2D eigenvalue weighted by molar-refractivity contribution is -0.200. The third-order valence-corrected chi connectivity index (χ3v) is 6.73. The fraction of sp³-hybridized carbons (Fsp3) is 0.682. The molecule has 3 atom stereocenters. The number of rotatable bonds is 4. The van der Waals surface area contributed by atoms with E-state index in [1.54, 1.807) is 11.0 Å². The molecule has 34 heavy (non-hydrogen) atoms. The Kier molecular flexibility index (Phi) is 6.92. The molecule has 0 aliphatic carbocycles. The zero-order chi connectivity index (χ0) is 24.7. The number of hydrogen-bond acceptors (Lipinski definition) is 5. The molecule has 3 fully saturated rings. The molecule has 4 rings (SSSR count). The first-order valence-corrected chi connectivity index (χ1v) is 11.2. The molecule has 1 aromatic carbocycles. The third-order valence-electron chi connectivity index (χ3n) is 6.73. The van der Waals surface area contributed by atoms with Crippen molar-refractivity contribution in [1.82, 2.24) is 9.80 Å². The molecule has 1 aromatic rings. The summed E-state index contributed by atoms with van der Waals surface area (Å²) < 4.78 is 89.8. The van der Waals surface area contributed by atoms with E-state index in [0.29, 0.717) is 18.9 Å². The number of carbonyl (C=O) groups is 1. The van der Waals surface area contributed by atoms with Gasteiger partial charge < -0.3 is 19.3 Å².